The number of aliphatic hydroxyl groups excluding tert-OH is 1. The number of nitrogens with one attached hydrogen (secondary N) is 2. The Morgan fingerprint density at radius 1 is 1.35 bits per heavy atom. The van der Waals surface area contributed by atoms with Crippen LogP contribution in [0.1, 0.15) is 27.9 Å². The van der Waals surface area contributed by atoms with E-state index in [1.807, 2.05) is 0 Å². The van der Waals surface area contributed by atoms with Crippen molar-refractivity contribution in [3.05, 3.63) is 53.3 Å². The van der Waals surface area contributed by atoms with Crippen LogP contribution < -0.4 is 5.32 Å². The van der Waals surface area contributed by atoms with Crippen molar-refractivity contribution in [2.24, 2.45) is 0 Å². The van der Waals surface area contributed by atoms with Gasteiger partial charge in [-0.05, 0) is 24.3 Å². The second-order valence-electron chi connectivity index (χ2n) is 4.14. The van der Waals surface area contributed by atoms with Gasteiger partial charge in [0.1, 0.15) is 0 Å². The first-order valence-corrected chi connectivity index (χ1v) is 6.25. The van der Waals surface area contributed by atoms with Crippen molar-refractivity contribution in [3.63, 3.8) is 0 Å². The van der Waals surface area contributed by atoms with Gasteiger partial charge in [-0.15, -0.1) is 0 Å². The number of nitrogens with zero attached hydrogens (tertiary/aromatic N) is 1. The van der Waals surface area contributed by atoms with Gasteiger partial charge in [0.25, 0.3) is 5.91 Å². The van der Waals surface area contributed by atoms with Gasteiger partial charge in [0.05, 0.1) is 12.8 Å². The van der Waals surface area contributed by atoms with Gasteiger partial charge < -0.3 is 10.4 Å². The van der Waals surface area contributed by atoms with Crippen LogP contribution in [0.3, 0.4) is 0 Å². The van der Waals surface area contributed by atoms with E-state index in [0.29, 0.717) is 18.5 Å². The number of carbonyl (C=O) groups is 1. The predicted octanol–water partition coefficient (Wildman–Crippen LogP) is 1.07. The molecule has 0 aliphatic carbocycles. The summed E-state index contributed by atoms with van der Waals surface area (Å²) in [4.78, 5) is 11.9. The molecule has 0 saturated carbocycles. The van der Waals surface area contributed by atoms with Gasteiger partial charge in [0.2, 0.25) is 0 Å². The van der Waals surface area contributed by atoms with Gasteiger partial charge in [-0.3, -0.25) is 9.89 Å². The molecule has 102 valence electrons. The average molecular weight is 269 g/mol. The Morgan fingerprint density at radius 3 is 2.80 bits per heavy atom. The molecule has 0 saturated heterocycles. The Balaban J connectivity index is 1.92. The lowest BCUT2D eigenvalue weighted by Crippen LogP contribution is -2.22. The number of carbonyl (C=O) groups excluding carboxylic acids is 1. The molecule has 2 aromatic rings. The third kappa shape index (κ3) is 3.97. The van der Waals surface area contributed by atoms with Gasteiger partial charge in [-0.2, -0.15) is 5.10 Å². The summed E-state index contributed by atoms with van der Waals surface area (Å²) < 4.78 is 0. The van der Waals surface area contributed by atoms with Crippen LogP contribution in [0, 0.1) is 11.8 Å². The molecule has 2 rings (SSSR count). The lowest BCUT2D eigenvalue weighted by molar-refractivity contribution is 0.0951. The second kappa shape index (κ2) is 7.12. The minimum Gasteiger partial charge on any atom is -0.395 e. The lowest BCUT2D eigenvalue weighted by atomic mass is 10.1. The first kappa shape index (κ1) is 13.8. The first-order valence-electron chi connectivity index (χ1n) is 6.25. The number of benzene rings is 1. The predicted molar refractivity (Wildman–Crippen MR) is 74.8 cm³/mol. The van der Waals surface area contributed by atoms with Gasteiger partial charge in [0, 0.05) is 35.9 Å². The first-order chi connectivity index (χ1) is 9.79. The maximum absolute atomic E-state index is 11.9. The monoisotopic (exact) mass is 269 g/mol. The standard InChI is InChI=1S/C15H15N3O2/c19-8-2-1-3-12-4-6-14(7-5-12)15(20)16-9-13-10-17-18-11-13/h4-7,10-11,19H,2,8-9H2,(H,16,20)(H,17,18). The van der Waals surface area contributed by atoms with Crippen LogP contribution in [-0.4, -0.2) is 27.8 Å². The highest BCUT2D eigenvalue weighted by atomic mass is 16.2. The molecule has 0 spiro atoms. The minimum atomic E-state index is -0.138. The summed E-state index contributed by atoms with van der Waals surface area (Å²) in [6.07, 6.45) is 3.85. The van der Waals surface area contributed by atoms with Gasteiger partial charge in [0.15, 0.2) is 0 Å². The fraction of sp³-hybridized carbons (Fsp3) is 0.200. The fourth-order valence-electron chi connectivity index (χ4n) is 1.58. The molecule has 5 heteroatoms. The largest absolute Gasteiger partial charge is 0.395 e. The van der Waals surface area contributed by atoms with Crippen LogP contribution >= 0.6 is 0 Å². The number of hydrogen-bond donors (Lipinski definition) is 3. The number of amides is 1. The Kier molecular flexibility index (Phi) is 4.93. The highest BCUT2D eigenvalue weighted by Gasteiger charge is 2.04. The summed E-state index contributed by atoms with van der Waals surface area (Å²) in [6, 6.07) is 7.04. The maximum atomic E-state index is 11.9. The molecule has 0 bridgehead atoms. The van der Waals surface area contributed by atoms with E-state index in [9.17, 15) is 4.79 Å². The zero-order valence-corrected chi connectivity index (χ0v) is 10.9. The molecule has 1 heterocycles. The summed E-state index contributed by atoms with van der Waals surface area (Å²) in [6.45, 7) is 0.495. The van der Waals surface area contributed by atoms with Crippen LogP contribution in [0.25, 0.3) is 0 Å². The van der Waals surface area contributed by atoms with Crippen molar-refractivity contribution in [1.29, 1.82) is 0 Å². The van der Waals surface area contributed by atoms with Crippen molar-refractivity contribution < 1.29 is 9.90 Å². The Morgan fingerprint density at radius 2 is 2.15 bits per heavy atom. The summed E-state index contributed by atoms with van der Waals surface area (Å²) in [5.41, 5.74) is 2.33. The SMILES string of the molecule is O=C(NCc1cn[nH]c1)c1ccc(C#CCCO)cc1. The molecular formula is C15H15N3O2. The van der Waals surface area contributed by atoms with Crippen LogP contribution in [0.15, 0.2) is 36.7 Å². The van der Waals surface area contributed by atoms with Gasteiger partial charge in [-0.1, -0.05) is 11.8 Å². The van der Waals surface area contributed by atoms with E-state index in [2.05, 4.69) is 27.4 Å². The lowest BCUT2D eigenvalue weighted by Gasteiger charge is -2.03. The molecule has 5 nitrogen and oxygen atoms in total. The minimum absolute atomic E-state index is 0.0570. The molecule has 0 atom stereocenters. The molecule has 0 aliphatic heterocycles. The van der Waals surface area contributed by atoms with Crippen LogP contribution in [0.4, 0.5) is 0 Å². The van der Waals surface area contributed by atoms with E-state index >= 15 is 0 Å². The molecule has 0 fully saturated rings. The normalized spacial score (nSPS) is 9.65. The molecule has 20 heavy (non-hydrogen) atoms. The topological polar surface area (TPSA) is 78.0 Å². The van der Waals surface area contributed by atoms with Crippen molar-refractivity contribution in [2.75, 3.05) is 6.61 Å². The van der Waals surface area contributed by atoms with Crippen LogP contribution in [0.5, 0.6) is 0 Å². The average Bonchev–Trinajstić information content (AvgIpc) is 2.99. The number of rotatable bonds is 4. The number of aliphatic hydroxyl groups is 1. The smallest absolute Gasteiger partial charge is 0.251 e. The number of aromatic amines is 1. The van der Waals surface area contributed by atoms with Crippen molar-refractivity contribution in [3.8, 4) is 11.8 Å². The number of aromatic nitrogens is 2. The zero-order valence-electron chi connectivity index (χ0n) is 10.9. The van der Waals surface area contributed by atoms with Gasteiger partial charge in [-0.25, -0.2) is 0 Å². The van der Waals surface area contributed by atoms with E-state index in [4.69, 9.17) is 5.11 Å². The quantitative estimate of drug-likeness (QED) is 0.727. The summed E-state index contributed by atoms with van der Waals surface area (Å²) >= 11 is 0. The Bertz CT molecular complexity index is 607. The molecule has 1 aromatic heterocycles. The molecule has 1 aromatic carbocycles. The van der Waals surface area contributed by atoms with Crippen molar-refractivity contribution in [1.82, 2.24) is 15.5 Å². The third-order valence-corrected chi connectivity index (χ3v) is 2.62. The highest BCUT2D eigenvalue weighted by molar-refractivity contribution is 5.94. The van der Waals surface area contributed by atoms with E-state index in [1.54, 1.807) is 36.7 Å². The van der Waals surface area contributed by atoms with Gasteiger partial charge >= 0.3 is 0 Å². The fourth-order valence-corrected chi connectivity index (χ4v) is 1.58. The van der Waals surface area contributed by atoms with Crippen molar-refractivity contribution >= 4 is 5.91 Å². The van der Waals surface area contributed by atoms with E-state index in [-0.39, 0.29) is 12.5 Å². The van der Waals surface area contributed by atoms with E-state index in [1.165, 1.54) is 0 Å². The Hall–Kier alpha value is -2.58. The summed E-state index contributed by atoms with van der Waals surface area (Å²) in [5, 5.41) is 17.9. The third-order valence-electron chi connectivity index (χ3n) is 2.62. The Labute approximate surface area is 117 Å². The number of hydrogen-bond acceptors (Lipinski definition) is 3. The van der Waals surface area contributed by atoms with E-state index in [0.717, 1.165) is 11.1 Å². The van der Waals surface area contributed by atoms with Crippen molar-refractivity contribution in [2.45, 2.75) is 13.0 Å². The molecule has 0 aliphatic rings. The summed E-state index contributed by atoms with van der Waals surface area (Å²) in [5.74, 6) is 5.61. The maximum Gasteiger partial charge on any atom is 0.251 e. The molecule has 0 radical (unpaired) electrons. The van der Waals surface area contributed by atoms with Crippen LogP contribution in [0.2, 0.25) is 0 Å². The second-order valence-corrected chi connectivity index (χ2v) is 4.14. The van der Waals surface area contributed by atoms with E-state index < -0.39 is 0 Å². The molecule has 3 N–H and O–H groups in total. The summed E-state index contributed by atoms with van der Waals surface area (Å²) in [7, 11) is 0. The number of H-pyrrole nitrogens is 1. The van der Waals surface area contributed by atoms with Crippen LogP contribution in [-0.2, 0) is 6.54 Å². The highest BCUT2D eigenvalue weighted by Crippen LogP contribution is 2.04. The molecular weight excluding hydrogens is 254 g/mol. The molecule has 0 unspecified atom stereocenters. The zero-order chi connectivity index (χ0) is 14.2. The molecule has 1 amide bonds.